The third-order valence-electron chi connectivity index (χ3n) is 2.45. The zero-order chi connectivity index (χ0) is 15.4. The van der Waals surface area contributed by atoms with Gasteiger partial charge in [-0.1, -0.05) is 46.3 Å². The summed E-state index contributed by atoms with van der Waals surface area (Å²) in [6.07, 6.45) is 0. The summed E-state index contributed by atoms with van der Waals surface area (Å²) in [7, 11) is 1.77. The topological polar surface area (TPSA) is 66.9 Å². The number of anilines is 2. The van der Waals surface area contributed by atoms with Gasteiger partial charge in [-0.15, -0.1) is 10.2 Å². The predicted octanol–water partition coefficient (Wildman–Crippen LogP) is 4.01. The minimum absolute atomic E-state index is 0.176. The van der Waals surface area contributed by atoms with Crippen LogP contribution in [0.2, 0.25) is 10.0 Å². The van der Waals surface area contributed by atoms with E-state index in [4.69, 9.17) is 23.2 Å². The van der Waals surface area contributed by atoms with Crippen LogP contribution in [0, 0.1) is 0 Å². The van der Waals surface area contributed by atoms with Gasteiger partial charge in [0.15, 0.2) is 4.34 Å². The number of carbonyl (C=O) groups is 1. The molecule has 0 aliphatic heterocycles. The molecule has 112 valence electrons. The van der Waals surface area contributed by atoms with Crippen molar-refractivity contribution in [2.75, 3.05) is 17.7 Å². The molecule has 9 heteroatoms. The van der Waals surface area contributed by atoms with Crippen LogP contribution >= 0.6 is 46.3 Å². The second kappa shape index (κ2) is 7.31. The van der Waals surface area contributed by atoms with E-state index in [1.807, 2.05) is 0 Å². The van der Waals surface area contributed by atoms with Gasteiger partial charge in [-0.2, -0.15) is 0 Å². The number of thioether (sulfide) groups is 1. The van der Waals surface area contributed by atoms with Crippen LogP contribution in [-0.4, -0.2) is 28.4 Å². The predicted molar refractivity (Wildman–Crippen MR) is 89.9 cm³/mol. The van der Waals surface area contributed by atoms with E-state index in [0.717, 1.165) is 4.34 Å². The highest BCUT2D eigenvalue weighted by atomic mass is 35.5. The summed E-state index contributed by atoms with van der Waals surface area (Å²) in [4.78, 5) is 12.2. The summed E-state index contributed by atoms with van der Waals surface area (Å²) in [5.74, 6) is -0.176. The molecule has 2 N–H and O–H groups in total. The molecule has 0 saturated heterocycles. The molecule has 1 atom stereocenters. The zero-order valence-electron chi connectivity index (χ0n) is 11.2. The molecule has 5 nitrogen and oxygen atoms in total. The Balaban J connectivity index is 2.00. The maximum Gasteiger partial charge on any atom is 0.237 e. The first-order valence-electron chi connectivity index (χ1n) is 5.93. The lowest BCUT2D eigenvalue weighted by Gasteiger charge is -2.11. The van der Waals surface area contributed by atoms with E-state index in [2.05, 4.69) is 20.8 Å². The summed E-state index contributed by atoms with van der Waals surface area (Å²) in [5.41, 5.74) is 0.495. The lowest BCUT2D eigenvalue weighted by atomic mass is 10.3. The minimum atomic E-state index is -0.335. The molecule has 1 heterocycles. The first-order chi connectivity index (χ1) is 9.99. The molecule has 0 fully saturated rings. The van der Waals surface area contributed by atoms with Gasteiger partial charge in [0.25, 0.3) is 0 Å². The molecule has 2 aromatic rings. The summed E-state index contributed by atoms with van der Waals surface area (Å²) in [6.45, 7) is 1.79. The van der Waals surface area contributed by atoms with Gasteiger partial charge in [0.2, 0.25) is 11.0 Å². The summed E-state index contributed by atoms with van der Waals surface area (Å²) < 4.78 is 0.721. The highest BCUT2D eigenvalue weighted by Gasteiger charge is 2.18. The molecule has 0 spiro atoms. The van der Waals surface area contributed by atoms with E-state index in [1.165, 1.54) is 23.1 Å². The molecular formula is C12H12Cl2N4OS2. The molecule has 21 heavy (non-hydrogen) atoms. The molecular weight excluding hydrogens is 351 g/mol. The van der Waals surface area contributed by atoms with Gasteiger partial charge in [0, 0.05) is 12.1 Å². The fourth-order valence-electron chi connectivity index (χ4n) is 1.39. The number of nitrogens with one attached hydrogen (secondary N) is 2. The van der Waals surface area contributed by atoms with Gasteiger partial charge in [-0.3, -0.25) is 4.79 Å². The second-order valence-electron chi connectivity index (χ2n) is 4.00. The molecule has 2 rings (SSSR count). The number of hydrogen-bond donors (Lipinski definition) is 2. The number of amides is 1. The van der Waals surface area contributed by atoms with Crippen LogP contribution < -0.4 is 10.6 Å². The van der Waals surface area contributed by atoms with E-state index >= 15 is 0 Å². The van der Waals surface area contributed by atoms with E-state index in [9.17, 15) is 4.79 Å². The van der Waals surface area contributed by atoms with E-state index in [1.54, 1.807) is 32.2 Å². The van der Waals surface area contributed by atoms with Crippen molar-refractivity contribution in [1.82, 2.24) is 10.2 Å². The van der Waals surface area contributed by atoms with Crippen LogP contribution in [0.25, 0.3) is 0 Å². The number of rotatable bonds is 5. The number of benzene rings is 1. The lowest BCUT2D eigenvalue weighted by Crippen LogP contribution is -2.22. The van der Waals surface area contributed by atoms with Crippen LogP contribution in [0.15, 0.2) is 22.5 Å². The van der Waals surface area contributed by atoms with Crippen LogP contribution in [0.3, 0.4) is 0 Å². The number of halogens is 2. The van der Waals surface area contributed by atoms with E-state index in [-0.39, 0.29) is 11.2 Å². The first kappa shape index (κ1) is 16.4. The molecule has 0 aliphatic carbocycles. The summed E-state index contributed by atoms with van der Waals surface area (Å²) in [5, 5.41) is 14.9. The molecule has 0 aliphatic rings. The number of nitrogens with zero attached hydrogens (tertiary/aromatic N) is 2. The smallest absolute Gasteiger partial charge is 0.237 e. The van der Waals surface area contributed by atoms with Gasteiger partial charge < -0.3 is 10.6 Å². The highest BCUT2D eigenvalue weighted by Crippen LogP contribution is 2.30. The maximum atomic E-state index is 12.2. The Hall–Kier alpha value is -1.02. The van der Waals surface area contributed by atoms with Crippen LogP contribution in [0.1, 0.15) is 6.92 Å². The first-order valence-corrected chi connectivity index (χ1v) is 8.38. The van der Waals surface area contributed by atoms with Crippen molar-refractivity contribution in [3.8, 4) is 0 Å². The van der Waals surface area contributed by atoms with Crippen molar-refractivity contribution >= 4 is 63.0 Å². The Labute approximate surface area is 140 Å². The summed E-state index contributed by atoms with van der Waals surface area (Å²) in [6, 6.07) is 4.92. The van der Waals surface area contributed by atoms with Gasteiger partial charge in [0.05, 0.1) is 16.0 Å². The Morgan fingerprint density at radius 3 is 2.81 bits per heavy atom. The third-order valence-corrected chi connectivity index (χ3v) is 5.14. The molecule has 0 saturated carbocycles. The summed E-state index contributed by atoms with van der Waals surface area (Å²) >= 11 is 14.6. The van der Waals surface area contributed by atoms with Crippen molar-refractivity contribution in [2.24, 2.45) is 0 Å². The molecule has 0 radical (unpaired) electrons. The fraction of sp³-hybridized carbons (Fsp3) is 0.250. The Bertz CT molecular complexity index is 650. The van der Waals surface area contributed by atoms with E-state index in [0.29, 0.717) is 20.9 Å². The molecule has 0 bridgehead atoms. The minimum Gasteiger partial charge on any atom is -0.363 e. The third kappa shape index (κ3) is 4.47. The van der Waals surface area contributed by atoms with Crippen LogP contribution in [0.5, 0.6) is 0 Å². The highest BCUT2D eigenvalue weighted by molar-refractivity contribution is 8.02. The van der Waals surface area contributed by atoms with Gasteiger partial charge in [-0.25, -0.2) is 0 Å². The normalized spacial score (nSPS) is 12.0. The van der Waals surface area contributed by atoms with Crippen molar-refractivity contribution < 1.29 is 4.79 Å². The number of aromatic nitrogens is 2. The SMILES string of the molecule is CNc1nnc(SC(C)C(=O)Nc2cc(Cl)ccc2Cl)s1. The second-order valence-corrected chi connectivity index (χ2v) is 7.41. The average molecular weight is 363 g/mol. The number of hydrogen-bond acceptors (Lipinski definition) is 6. The largest absolute Gasteiger partial charge is 0.363 e. The van der Waals surface area contributed by atoms with Crippen molar-refractivity contribution in [2.45, 2.75) is 16.5 Å². The van der Waals surface area contributed by atoms with Gasteiger partial charge in [-0.05, 0) is 25.1 Å². The maximum absolute atomic E-state index is 12.2. The van der Waals surface area contributed by atoms with Crippen molar-refractivity contribution in [1.29, 1.82) is 0 Å². The average Bonchev–Trinajstić information content (AvgIpc) is 2.90. The Morgan fingerprint density at radius 2 is 2.14 bits per heavy atom. The standard InChI is InChI=1S/C12H12Cl2N4OS2/c1-6(20-12-18-17-11(15-2)21-12)10(19)16-9-5-7(13)3-4-8(9)14/h3-6H,1-2H3,(H,15,17)(H,16,19). The van der Waals surface area contributed by atoms with E-state index < -0.39 is 0 Å². The van der Waals surface area contributed by atoms with Crippen LogP contribution in [0.4, 0.5) is 10.8 Å². The van der Waals surface area contributed by atoms with Crippen molar-refractivity contribution in [3.05, 3.63) is 28.2 Å². The van der Waals surface area contributed by atoms with Crippen LogP contribution in [-0.2, 0) is 4.79 Å². The molecule has 1 amide bonds. The van der Waals surface area contributed by atoms with Crippen molar-refractivity contribution in [3.63, 3.8) is 0 Å². The lowest BCUT2D eigenvalue weighted by molar-refractivity contribution is -0.115. The zero-order valence-corrected chi connectivity index (χ0v) is 14.3. The molecule has 1 aromatic heterocycles. The molecule has 1 aromatic carbocycles. The monoisotopic (exact) mass is 362 g/mol. The quantitative estimate of drug-likeness (QED) is 0.786. The van der Waals surface area contributed by atoms with Gasteiger partial charge in [0.1, 0.15) is 0 Å². The van der Waals surface area contributed by atoms with Gasteiger partial charge >= 0.3 is 0 Å². The number of carbonyl (C=O) groups excluding carboxylic acids is 1. The molecule has 1 unspecified atom stereocenters. The Morgan fingerprint density at radius 1 is 1.38 bits per heavy atom. The fourth-order valence-corrected chi connectivity index (χ4v) is 3.58. The Kier molecular flexibility index (Phi) is 5.69.